The number of hydrogen-bond donors (Lipinski definition) is 1. The van der Waals surface area contributed by atoms with Crippen LogP contribution in [0.1, 0.15) is 65.3 Å². The second-order valence-electron chi connectivity index (χ2n) is 9.24. The van der Waals surface area contributed by atoms with E-state index in [4.69, 9.17) is 10.3 Å². The van der Waals surface area contributed by atoms with Crippen molar-refractivity contribution in [1.82, 2.24) is 19.9 Å². The van der Waals surface area contributed by atoms with E-state index >= 15 is 0 Å². The molecule has 4 atom stereocenters. The number of hydrogen-bond acceptors (Lipinski definition) is 6. The molecule has 2 aliphatic rings. The van der Waals surface area contributed by atoms with Gasteiger partial charge in [0.25, 0.3) is 11.7 Å². The molecule has 2 N–H and O–H groups in total. The van der Waals surface area contributed by atoms with E-state index in [-0.39, 0.29) is 23.5 Å². The molecule has 176 valence electrons. The number of benzene rings is 2. The van der Waals surface area contributed by atoms with E-state index < -0.39 is 18.0 Å². The molecule has 0 aliphatic carbocycles. The lowest BCUT2D eigenvalue weighted by atomic mass is 9.96. The van der Waals surface area contributed by atoms with Crippen LogP contribution in [0.2, 0.25) is 0 Å². The summed E-state index contributed by atoms with van der Waals surface area (Å²) < 4.78 is 5.15. The summed E-state index contributed by atoms with van der Waals surface area (Å²) in [5.41, 5.74) is 8.18. The Balaban J connectivity index is 1.38. The first-order valence-corrected chi connectivity index (χ1v) is 11.8. The van der Waals surface area contributed by atoms with Crippen LogP contribution in [0, 0.1) is 0 Å². The standard InChI is InChI=1S/C26H29N5O3/c1-17(27)24-28-23(29-34-24)26(33)31-16-21(19-10-6-3-7-11-19)14-22(31)25(32)30-13-12-20(15-30)18-8-4-2-5-9-18/h2-11,17,20-22H,12-16,27H2,1H3. The summed E-state index contributed by atoms with van der Waals surface area (Å²) in [6.07, 6.45) is 1.49. The van der Waals surface area contributed by atoms with Gasteiger partial charge in [0.2, 0.25) is 11.8 Å². The SMILES string of the molecule is CC(N)c1nc(C(=O)N2CC(c3ccccc3)CC2C(=O)N2CCC(c3ccccc3)C2)no1. The highest BCUT2D eigenvalue weighted by molar-refractivity contribution is 5.95. The van der Waals surface area contributed by atoms with E-state index in [2.05, 4.69) is 22.3 Å². The molecule has 3 heterocycles. The maximum atomic E-state index is 13.7. The molecule has 8 heteroatoms. The van der Waals surface area contributed by atoms with Gasteiger partial charge >= 0.3 is 0 Å². The van der Waals surface area contributed by atoms with E-state index in [0.29, 0.717) is 32.0 Å². The molecular formula is C26H29N5O3. The molecule has 5 rings (SSSR count). The van der Waals surface area contributed by atoms with Gasteiger partial charge in [-0.15, -0.1) is 0 Å². The second kappa shape index (κ2) is 9.38. The van der Waals surface area contributed by atoms with Crippen LogP contribution in [0.15, 0.2) is 65.2 Å². The number of nitrogens with zero attached hydrogens (tertiary/aromatic N) is 4. The summed E-state index contributed by atoms with van der Waals surface area (Å²) in [5.74, 6) is 0.114. The molecule has 0 radical (unpaired) electrons. The van der Waals surface area contributed by atoms with Crippen LogP contribution in [0.3, 0.4) is 0 Å². The fraction of sp³-hybridized carbons (Fsp3) is 0.385. The molecule has 1 aromatic heterocycles. The molecule has 34 heavy (non-hydrogen) atoms. The van der Waals surface area contributed by atoms with Crippen molar-refractivity contribution in [2.24, 2.45) is 5.73 Å². The third-order valence-electron chi connectivity index (χ3n) is 6.91. The third kappa shape index (κ3) is 4.33. The average molecular weight is 460 g/mol. The van der Waals surface area contributed by atoms with Crippen LogP contribution >= 0.6 is 0 Å². The predicted molar refractivity (Wildman–Crippen MR) is 126 cm³/mol. The first-order chi connectivity index (χ1) is 16.5. The number of aromatic nitrogens is 2. The zero-order chi connectivity index (χ0) is 23.7. The smallest absolute Gasteiger partial charge is 0.295 e. The van der Waals surface area contributed by atoms with Crippen LogP contribution in [-0.4, -0.2) is 57.4 Å². The van der Waals surface area contributed by atoms with E-state index in [0.717, 1.165) is 12.0 Å². The Hall–Kier alpha value is -3.52. The summed E-state index contributed by atoms with van der Waals surface area (Å²) in [6.45, 7) is 3.49. The van der Waals surface area contributed by atoms with Gasteiger partial charge in [-0.25, -0.2) is 0 Å². The minimum Gasteiger partial charge on any atom is -0.340 e. The molecule has 2 amide bonds. The van der Waals surface area contributed by atoms with Crippen molar-refractivity contribution >= 4 is 11.8 Å². The Morgan fingerprint density at radius 1 is 1.00 bits per heavy atom. The van der Waals surface area contributed by atoms with Gasteiger partial charge in [0, 0.05) is 31.5 Å². The molecule has 3 aromatic rings. The van der Waals surface area contributed by atoms with Gasteiger partial charge in [0.05, 0.1) is 6.04 Å². The van der Waals surface area contributed by atoms with Gasteiger partial charge in [-0.3, -0.25) is 9.59 Å². The Bertz CT molecular complexity index is 1150. The van der Waals surface area contributed by atoms with Crippen molar-refractivity contribution in [2.75, 3.05) is 19.6 Å². The van der Waals surface area contributed by atoms with Crippen LogP contribution < -0.4 is 5.73 Å². The van der Waals surface area contributed by atoms with Crippen molar-refractivity contribution in [3.8, 4) is 0 Å². The number of rotatable bonds is 5. The molecule has 2 aliphatic heterocycles. The van der Waals surface area contributed by atoms with Crippen LogP contribution in [-0.2, 0) is 4.79 Å². The fourth-order valence-electron chi connectivity index (χ4n) is 5.07. The van der Waals surface area contributed by atoms with Crippen molar-refractivity contribution in [3.63, 3.8) is 0 Å². The fourth-order valence-corrected chi connectivity index (χ4v) is 5.07. The van der Waals surface area contributed by atoms with Gasteiger partial charge in [-0.1, -0.05) is 65.8 Å². The molecule has 2 saturated heterocycles. The predicted octanol–water partition coefficient (Wildman–Crippen LogP) is 3.10. The Labute approximate surface area is 198 Å². The first-order valence-electron chi connectivity index (χ1n) is 11.8. The molecule has 0 saturated carbocycles. The molecule has 0 spiro atoms. The summed E-state index contributed by atoms with van der Waals surface area (Å²) in [6, 6.07) is 19.3. The highest BCUT2D eigenvalue weighted by atomic mass is 16.5. The van der Waals surface area contributed by atoms with Crippen molar-refractivity contribution < 1.29 is 14.1 Å². The quantitative estimate of drug-likeness (QED) is 0.629. The molecule has 2 fully saturated rings. The van der Waals surface area contributed by atoms with Gasteiger partial charge in [0.15, 0.2) is 0 Å². The van der Waals surface area contributed by atoms with Gasteiger partial charge in [0.1, 0.15) is 6.04 Å². The van der Waals surface area contributed by atoms with E-state index in [9.17, 15) is 9.59 Å². The Morgan fingerprint density at radius 3 is 2.26 bits per heavy atom. The summed E-state index contributed by atoms with van der Waals surface area (Å²) in [4.78, 5) is 34.8. The summed E-state index contributed by atoms with van der Waals surface area (Å²) in [5, 5.41) is 3.84. The normalized spacial score (nSPS) is 23.3. The van der Waals surface area contributed by atoms with Gasteiger partial charge < -0.3 is 20.1 Å². The average Bonchev–Trinajstić information content (AvgIpc) is 3.64. The zero-order valence-corrected chi connectivity index (χ0v) is 19.2. The number of carbonyl (C=O) groups excluding carboxylic acids is 2. The van der Waals surface area contributed by atoms with Gasteiger partial charge in [-0.2, -0.15) is 4.98 Å². The first kappa shape index (κ1) is 22.3. The highest BCUT2D eigenvalue weighted by Crippen LogP contribution is 2.35. The van der Waals surface area contributed by atoms with Crippen LogP contribution in [0.25, 0.3) is 0 Å². The lowest BCUT2D eigenvalue weighted by Crippen LogP contribution is -2.47. The molecule has 8 nitrogen and oxygen atoms in total. The maximum absolute atomic E-state index is 13.7. The number of carbonyl (C=O) groups is 2. The Morgan fingerprint density at radius 2 is 1.65 bits per heavy atom. The van der Waals surface area contributed by atoms with Crippen LogP contribution in [0.5, 0.6) is 0 Å². The molecule has 4 unspecified atom stereocenters. The second-order valence-corrected chi connectivity index (χ2v) is 9.24. The number of likely N-dealkylation sites (tertiary alicyclic amines) is 2. The Kier molecular flexibility index (Phi) is 6.15. The maximum Gasteiger partial charge on any atom is 0.295 e. The summed E-state index contributed by atoms with van der Waals surface area (Å²) >= 11 is 0. The number of nitrogens with two attached hydrogens (primary N) is 1. The van der Waals surface area contributed by atoms with E-state index in [1.165, 1.54) is 5.56 Å². The van der Waals surface area contributed by atoms with Crippen molar-refractivity contribution in [1.29, 1.82) is 0 Å². The largest absolute Gasteiger partial charge is 0.340 e. The topological polar surface area (TPSA) is 106 Å². The minimum absolute atomic E-state index is 0.0128. The molecule has 0 bridgehead atoms. The van der Waals surface area contributed by atoms with Gasteiger partial charge in [-0.05, 0) is 30.9 Å². The van der Waals surface area contributed by atoms with Crippen molar-refractivity contribution in [3.05, 3.63) is 83.5 Å². The third-order valence-corrected chi connectivity index (χ3v) is 6.91. The molecular weight excluding hydrogens is 430 g/mol. The summed E-state index contributed by atoms with van der Waals surface area (Å²) in [7, 11) is 0. The van der Waals surface area contributed by atoms with E-state index in [1.807, 2.05) is 53.4 Å². The highest BCUT2D eigenvalue weighted by Gasteiger charge is 2.44. The lowest BCUT2D eigenvalue weighted by Gasteiger charge is -2.27. The van der Waals surface area contributed by atoms with Crippen molar-refractivity contribution in [2.45, 2.75) is 43.7 Å². The number of amides is 2. The minimum atomic E-state index is -0.565. The van der Waals surface area contributed by atoms with Crippen LogP contribution in [0.4, 0.5) is 0 Å². The van der Waals surface area contributed by atoms with E-state index in [1.54, 1.807) is 11.8 Å². The zero-order valence-electron chi connectivity index (χ0n) is 19.2. The molecule has 2 aromatic carbocycles. The lowest BCUT2D eigenvalue weighted by molar-refractivity contribution is -0.134. The monoisotopic (exact) mass is 459 g/mol.